The maximum absolute atomic E-state index is 11.9. The predicted molar refractivity (Wildman–Crippen MR) is 131 cm³/mol. The second-order valence-corrected chi connectivity index (χ2v) is 8.42. The second-order valence-electron chi connectivity index (χ2n) is 8.42. The second kappa shape index (κ2) is 22.5. The Labute approximate surface area is 200 Å². The van der Waals surface area contributed by atoms with Crippen molar-refractivity contribution in [3.8, 4) is 0 Å². The van der Waals surface area contributed by atoms with Crippen LogP contribution in [-0.2, 0) is 19.0 Å². The molecular weight excluding hydrogens is 424 g/mol. The molecule has 0 aromatic carbocycles. The molecule has 0 aliphatic rings. The number of unbranched alkanes of at least 4 members (excludes halogenated alkanes) is 8. The summed E-state index contributed by atoms with van der Waals surface area (Å²) in [7, 11) is 1.37. The molecule has 0 fully saturated rings. The fourth-order valence-corrected chi connectivity index (χ4v) is 3.35. The Balaban J connectivity index is 3.76. The molecule has 4 atom stereocenters. The van der Waals surface area contributed by atoms with Crippen LogP contribution in [0, 0.1) is 0 Å². The molecule has 0 aliphatic heterocycles. The average Bonchev–Trinajstić information content (AvgIpc) is 2.81. The van der Waals surface area contributed by atoms with Gasteiger partial charge in [0, 0.05) is 13.5 Å². The molecule has 0 amide bonds. The molecule has 33 heavy (non-hydrogen) atoms. The number of aliphatic hydroxyl groups is 3. The molecular formula is C26H48O7. The largest absolute Gasteiger partial charge is 0.463 e. The first-order chi connectivity index (χ1) is 16.0. The standard InChI is InChI=1S/C26H48O7/c1-4-5-6-7-8-9-10-11-12-13-14-15-16-17-18-19-24(28)32-20-23(31-3)26(30)25(29)22(2)33-21-27/h8-9,11-12,22-23,25-27,29-30H,4-7,10,13-21H2,1-3H3/b9-8-,12-11-. The third kappa shape index (κ3) is 17.8. The van der Waals surface area contributed by atoms with Crippen LogP contribution in [0.25, 0.3) is 0 Å². The van der Waals surface area contributed by atoms with E-state index in [1.54, 1.807) is 0 Å². The van der Waals surface area contributed by atoms with Gasteiger partial charge in [0.05, 0.1) is 6.10 Å². The molecule has 0 aromatic rings. The van der Waals surface area contributed by atoms with Crippen LogP contribution in [-0.4, -0.2) is 66.2 Å². The van der Waals surface area contributed by atoms with E-state index in [0.29, 0.717) is 6.42 Å². The lowest BCUT2D eigenvalue weighted by atomic mass is 10.0. The molecule has 7 heteroatoms. The Morgan fingerprint density at radius 1 is 0.879 bits per heavy atom. The van der Waals surface area contributed by atoms with E-state index in [1.807, 2.05) is 0 Å². The fraction of sp³-hybridized carbons (Fsp3) is 0.808. The van der Waals surface area contributed by atoms with Crippen LogP contribution in [0.3, 0.4) is 0 Å². The first-order valence-electron chi connectivity index (χ1n) is 12.5. The number of carbonyl (C=O) groups excluding carboxylic acids is 1. The molecule has 0 rings (SSSR count). The molecule has 4 unspecified atom stereocenters. The molecule has 7 nitrogen and oxygen atoms in total. The van der Waals surface area contributed by atoms with Gasteiger partial charge in [-0.1, -0.05) is 63.3 Å². The number of hydrogen-bond acceptors (Lipinski definition) is 7. The third-order valence-corrected chi connectivity index (χ3v) is 5.59. The van der Waals surface area contributed by atoms with E-state index in [2.05, 4.69) is 31.2 Å². The van der Waals surface area contributed by atoms with E-state index in [1.165, 1.54) is 39.7 Å². The maximum atomic E-state index is 11.9. The summed E-state index contributed by atoms with van der Waals surface area (Å²) in [6.07, 6.45) is 17.4. The number of allylic oxidation sites excluding steroid dienone is 4. The summed E-state index contributed by atoms with van der Waals surface area (Å²) < 4.78 is 15.2. The molecule has 0 saturated heterocycles. The molecule has 0 bridgehead atoms. The summed E-state index contributed by atoms with van der Waals surface area (Å²) >= 11 is 0. The molecule has 0 spiro atoms. The highest BCUT2D eigenvalue weighted by molar-refractivity contribution is 5.69. The van der Waals surface area contributed by atoms with Gasteiger partial charge < -0.3 is 29.5 Å². The van der Waals surface area contributed by atoms with Gasteiger partial charge in [0.25, 0.3) is 0 Å². The van der Waals surface area contributed by atoms with Gasteiger partial charge in [-0.2, -0.15) is 0 Å². The predicted octanol–water partition coefficient (Wildman–Crippen LogP) is 4.43. The van der Waals surface area contributed by atoms with Crippen LogP contribution >= 0.6 is 0 Å². The molecule has 0 heterocycles. The first-order valence-corrected chi connectivity index (χ1v) is 12.5. The Hall–Kier alpha value is -1.25. The van der Waals surface area contributed by atoms with Crippen LogP contribution in [0.4, 0.5) is 0 Å². The topological polar surface area (TPSA) is 105 Å². The van der Waals surface area contributed by atoms with Crippen LogP contribution in [0.1, 0.15) is 90.9 Å². The number of ether oxygens (including phenoxy) is 3. The first kappa shape index (κ1) is 31.8. The van der Waals surface area contributed by atoms with Crippen LogP contribution in [0.2, 0.25) is 0 Å². The lowest BCUT2D eigenvalue weighted by molar-refractivity contribution is -0.166. The minimum atomic E-state index is -1.31. The van der Waals surface area contributed by atoms with Crippen molar-refractivity contribution in [3.05, 3.63) is 24.3 Å². The summed E-state index contributed by atoms with van der Waals surface area (Å²) in [6, 6.07) is 0. The molecule has 194 valence electrons. The van der Waals surface area contributed by atoms with Gasteiger partial charge in [-0.05, 0) is 45.4 Å². The zero-order valence-electron chi connectivity index (χ0n) is 21.0. The van der Waals surface area contributed by atoms with Crippen LogP contribution in [0.15, 0.2) is 24.3 Å². The van der Waals surface area contributed by atoms with Crippen molar-refractivity contribution in [2.75, 3.05) is 20.5 Å². The Kier molecular flexibility index (Phi) is 21.7. The number of hydrogen-bond donors (Lipinski definition) is 3. The van der Waals surface area contributed by atoms with Gasteiger partial charge in [0.15, 0.2) is 0 Å². The Bertz CT molecular complexity index is 507. The lowest BCUT2D eigenvalue weighted by Gasteiger charge is -2.28. The van der Waals surface area contributed by atoms with Gasteiger partial charge >= 0.3 is 5.97 Å². The van der Waals surface area contributed by atoms with Crippen LogP contribution in [0.5, 0.6) is 0 Å². The monoisotopic (exact) mass is 472 g/mol. The molecule has 0 aromatic heterocycles. The fourth-order valence-electron chi connectivity index (χ4n) is 3.35. The van der Waals surface area contributed by atoms with Gasteiger partial charge in [-0.15, -0.1) is 0 Å². The molecule has 0 saturated carbocycles. The smallest absolute Gasteiger partial charge is 0.305 e. The average molecular weight is 473 g/mol. The van der Waals surface area contributed by atoms with Crippen molar-refractivity contribution >= 4 is 5.97 Å². The van der Waals surface area contributed by atoms with Gasteiger partial charge in [0.1, 0.15) is 31.7 Å². The Morgan fingerprint density at radius 3 is 2.09 bits per heavy atom. The van der Waals surface area contributed by atoms with E-state index in [4.69, 9.17) is 19.3 Å². The number of aliphatic hydroxyl groups excluding tert-OH is 3. The summed E-state index contributed by atoms with van der Waals surface area (Å²) in [5.41, 5.74) is 0. The minimum absolute atomic E-state index is 0.153. The normalized spacial score (nSPS) is 15.7. The number of methoxy groups -OCH3 is 1. The van der Waals surface area contributed by atoms with Gasteiger partial charge in [-0.3, -0.25) is 4.79 Å². The van der Waals surface area contributed by atoms with Crippen molar-refractivity contribution in [3.63, 3.8) is 0 Å². The highest BCUT2D eigenvalue weighted by atomic mass is 16.6. The summed E-state index contributed by atoms with van der Waals surface area (Å²) in [4.78, 5) is 11.9. The van der Waals surface area contributed by atoms with E-state index < -0.39 is 31.2 Å². The quantitative estimate of drug-likeness (QED) is 0.0926. The van der Waals surface area contributed by atoms with Gasteiger partial charge in [0.2, 0.25) is 0 Å². The highest BCUT2D eigenvalue weighted by Crippen LogP contribution is 2.12. The summed E-state index contributed by atoms with van der Waals surface area (Å²) in [6.45, 7) is 3.03. The van der Waals surface area contributed by atoms with Crippen molar-refractivity contribution in [1.82, 2.24) is 0 Å². The highest BCUT2D eigenvalue weighted by Gasteiger charge is 2.31. The van der Waals surface area contributed by atoms with Gasteiger partial charge in [-0.25, -0.2) is 0 Å². The summed E-state index contributed by atoms with van der Waals surface area (Å²) in [5, 5.41) is 28.9. The number of carbonyl (C=O) groups is 1. The van der Waals surface area contributed by atoms with E-state index in [0.717, 1.165) is 44.9 Å². The maximum Gasteiger partial charge on any atom is 0.305 e. The van der Waals surface area contributed by atoms with E-state index >= 15 is 0 Å². The van der Waals surface area contributed by atoms with Crippen molar-refractivity contribution < 1.29 is 34.3 Å². The zero-order valence-corrected chi connectivity index (χ0v) is 21.0. The zero-order chi connectivity index (χ0) is 24.7. The molecule has 0 aliphatic carbocycles. The number of rotatable bonds is 22. The van der Waals surface area contributed by atoms with E-state index in [9.17, 15) is 15.0 Å². The van der Waals surface area contributed by atoms with Crippen molar-refractivity contribution in [1.29, 1.82) is 0 Å². The molecule has 0 radical (unpaired) electrons. The Morgan fingerprint density at radius 2 is 1.48 bits per heavy atom. The lowest BCUT2D eigenvalue weighted by Crippen LogP contribution is -2.47. The SMILES string of the molecule is CCCCC/C=C\C/C=C\CCCCCCCC(=O)OCC(OC)C(O)C(O)C(C)OCO. The number of esters is 1. The minimum Gasteiger partial charge on any atom is -0.463 e. The van der Waals surface area contributed by atoms with E-state index in [-0.39, 0.29) is 12.6 Å². The van der Waals surface area contributed by atoms with Crippen molar-refractivity contribution in [2.45, 2.75) is 115 Å². The van der Waals surface area contributed by atoms with Crippen molar-refractivity contribution in [2.24, 2.45) is 0 Å². The summed E-state index contributed by atoms with van der Waals surface area (Å²) in [5.74, 6) is -0.343. The molecule has 3 N–H and O–H groups in total. The van der Waals surface area contributed by atoms with Crippen LogP contribution < -0.4 is 0 Å². The third-order valence-electron chi connectivity index (χ3n) is 5.59.